The zero-order valence-electron chi connectivity index (χ0n) is 15.2. The first kappa shape index (κ1) is 25.7. The maximum absolute atomic E-state index is 12.3. The molecule has 3 rings (SSSR count). The molecule has 0 unspecified atom stereocenters. The van der Waals surface area contributed by atoms with Crippen LogP contribution >= 0.6 is 37.2 Å². The lowest BCUT2D eigenvalue weighted by molar-refractivity contribution is 0.102. The molecule has 1 aliphatic rings. The Balaban J connectivity index is 0.00000225. The molecule has 0 radical (unpaired) electrons. The molecule has 1 amide bonds. The largest absolute Gasteiger partial charge is 0.467 e. The van der Waals surface area contributed by atoms with Crippen molar-refractivity contribution in [3.05, 3.63) is 53.5 Å². The lowest BCUT2D eigenvalue weighted by Crippen LogP contribution is -2.43. The summed E-state index contributed by atoms with van der Waals surface area (Å²) in [6.07, 6.45) is 1.44. The van der Waals surface area contributed by atoms with Crippen molar-refractivity contribution >= 4 is 48.8 Å². The number of anilines is 1. The fourth-order valence-corrected chi connectivity index (χ4v) is 2.82. The van der Waals surface area contributed by atoms with E-state index in [0.29, 0.717) is 11.3 Å². The Morgan fingerprint density at radius 2 is 1.85 bits per heavy atom. The zero-order valence-corrected chi connectivity index (χ0v) is 17.7. The molecule has 152 valence electrons. The van der Waals surface area contributed by atoms with Gasteiger partial charge in [0.1, 0.15) is 12.0 Å². The lowest BCUT2D eigenvalue weighted by Gasteiger charge is -2.32. The van der Waals surface area contributed by atoms with Crippen LogP contribution in [-0.4, -0.2) is 48.9 Å². The molecule has 0 spiro atoms. The summed E-state index contributed by atoms with van der Waals surface area (Å²) in [5.41, 5.74) is 7.98. The Morgan fingerprint density at radius 3 is 2.48 bits per heavy atom. The number of hydrogen-bond acceptors (Lipinski definition) is 5. The fourth-order valence-electron chi connectivity index (χ4n) is 2.82. The van der Waals surface area contributed by atoms with Crippen LogP contribution in [-0.2, 0) is 13.1 Å². The monoisotopic (exact) mass is 436 g/mol. The Bertz CT molecular complexity index is 703. The van der Waals surface area contributed by atoms with E-state index in [1.54, 1.807) is 6.07 Å². The van der Waals surface area contributed by atoms with Crippen LogP contribution in [0, 0.1) is 0 Å². The minimum Gasteiger partial charge on any atom is -0.467 e. The molecule has 1 aromatic carbocycles. The molecule has 27 heavy (non-hydrogen) atoms. The van der Waals surface area contributed by atoms with E-state index in [1.807, 2.05) is 18.2 Å². The molecule has 0 saturated carbocycles. The van der Waals surface area contributed by atoms with Gasteiger partial charge in [-0.05, 0) is 30.8 Å². The van der Waals surface area contributed by atoms with Crippen molar-refractivity contribution in [2.24, 2.45) is 5.73 Å². The van der Waals surface area contributed by atoms with Crippen molar-refractivity contribution in [2.45, 2.75) is 13.1 Å². The van der Waals surface area contributed by atoms with Crippen LogP contribution in [0.4, 0.5) is 5.69 Å². The van der Waals surface area contributed by atoms with E-state index in [9.17, 15) is 4.79 Å². The smallest absolute Gasteiger partial charge is 0.258 e. The van der Waals surface area contributed by atoms with Crippen LogP contribution in [0.2, 0.25) is 0 Å². The van der Waals surface area contributed by atoms with Crippen LogP contribution in [0.15, 0.2) is 41.0 Å². The minimum absolute atomic E-state index is 0. The van der Waals surface area contributed by atoms with Crippen LogP contribution in [0.1, 0.15) is 21.7 Å². The first-order valence-corrected chi connectivity index (χ1v) is 8.23. The van der Waals surface area contributed by atoms with E-state index in [2.05, 4.69) is 28.2 Å². The molecule has 2 aromatic rings. The van der Waals surface area contributed by atoms with Crippen molar-refractivity contribution in [3.63, 3.8) is 0 Å². The normalized spacial score (nSPS) is 14.4. The fraction of sp³-hybridized carbons (Fsp3) is 0.389. The van der Waals surface area contributed by atoms with Crippen LogP contribution in [0.5, 0.6) is 0 Å². The summed E-state index contributed by atoms with van der Waals surface area (Å²) in [7, 11) is 2.15. The second kappa shape index (κ2) is 12.2. The molecule has 9 heteroatoms. The van der Waals surface area contributed by atoms with Crippen LogP contribution < -0.4 is 11.1 Å². The summed E-state index contributed by atoms with van der Waals surface area (Å²) in [4.78, 5) is 17.0. The van der Waals surface area contributed by atoms with E-state index < -0.39 is 0 Å². The number of benzene rings is 1. The van der Waals surface area contributed by atoms with Gasteiger partial charge in [0, 0.05) is 38.4 Å². The highest BCUT2D eigenvalue weighted by Gasteiger charge is 2.14. The van der Waals surface area contributed by atoms with Gasteiger partial charge in [-0.1, -0.05) is 12.1 Å². The lowest BCUT2D eigenvalue weighted by atomic mass is 10.1. The maximum atomic E-state index is 12.3. The van der Waals surface area contributed by atoms with Crippen molar-refractivity contribution < 1.29 is 9.21 Å². The van der Waals surface area contributed by atoms with Gasteiger partial charge in [0.05, 0.1) is 12.1 Å². The Hall–Kier alpha value is -1.28. The van der Waals surface area contributed by atoms with Crippen molar-refractivity contribution in [1.29, 1.82) is 0 Å². The average molecular weight is 438 g/mol. The number of furan rings is 1. The molecule has 3 N–H and O–H groups in total. The molecule has 1 aromatic heterocycles. The summed E-state index contributed by atoms with van der Waals surface area (Å²) in [5, 5.41) is 2.91. The zero-order chi connectivity index (χ0) is 16.9. The molecule has 1 fully saturated rings. The van der Waals surface area contributed by atoms with Gasteiger partial charge >= 0.3 is 0 Å². The number of nitrogens with one attached hydrogen (secondary N) is 1. The molecule has 1 saturated heterocycles. The third-order valence-electron chi connectivity index (χ3n) is 4.30. The van der Waals surface area contributed by atoms with E-state index in [4.69, 9.17) is 10.2 Å². The molecule has 0 bridgehead atoms. The quantitative estimate of drug-likeness (QED) is 0.752. The second-order valence-electron chi connectivity index (χ2n) is 6.24. The molecular formula is C18H27Cl3N4O2. The molecule has 6 nitrogen and oxygen atoms in total. The maximum Gasteiger partial charge on any atom is 0.258 e. The highest BCUT2D eigenvalue weighted by atomic mass is 35.5. The molecule has 2 heterocycles. The Kier molecular flexibility index (Phi) is 11.7. The van der Waals surface area contributed by atoms with E-state index in [0.717, 1.165) is 38.4 Å². The summed E-state index contributed by atoms with van der Waals surface area (Å²) in [6, 6.07) is 9.67. The predicted octanol–water partition coefficient (Wildman–Crippen LogP) is 3.00. The van der Waals surface area contributed by atoms with E-state index in [-0.39, 0.29) is 49.7 Å². The minimum atomic E-state index is -0.185. The first-order valence-electron chi connectivity index (χ1n) is 8.23. The van der Waals surface area contributed by atoms with Crippen LogP contribution in [0.3, 0.4) is 0 Å². The number of amides is 1. The number of hydrogen-bond donors (Lipinski definition) is 2. The van der Waals surface area contributed by atoms with E-state index in [1.165, 1.54) is 11.8 Å². The number of carbonyl (C=O) groups is 1. The van der Waals surface area contributed by atoms with E-state index >= 15 is 0 Å². The molecule has 1 aliphatic heterocycles. The first-order chi connectivity index (χ1) is 11.6. The third-order valence-corrected chi connectivity index (χ3v) is 4.30. The van der Waals surface area contributed by atoms with Gasteiger partial charge in [0.15, 0.2) is 0 Å². The summed E-state index contributed by atoms with van der Waals surface area (Å²) >= 11 is 0. The molecule has 0 atom stereocenters. The average Bonchev–Trinajstić information content (AvgIpc) is 3.07. The summed E-state index contributed by atoms with van der Waals surface area (Å²) in [5.74, 6) is 0.416. The second-order valence-corrected chi connectivity index (χ2v) is 6.24. The Labute approximate surface area is 178 Å². The topological polar surface area (TPSA) is 74.7 Å². The Morgan fingerprint density at radius 1 is 1.15 bits per heavy atom. The highest BCUT2D eigenvalue weighted by molar-refractivity contribution is 6.04. The number of nitrogens with zero attached hydrogens (tertiary/aromatic N) is 2. The van der Waals surface area contributed by atoms with Gasteiger partial charge in [-0.15, -0.1) is 37.2 Å². The standard InChI is InChI=1S/C18H24N4O2.3ClH/c1-21-5-7-22(8-6-21)12-14-3-2-4-16(9-14)20-18(23)15-10-17(11-19)24-13-15;;;/h2-4,9-10,13H,5-8,11-12,19H2,1H3,(H,20,23);3*1H. The van der Waals surface area contributed by atoms with Crippen molar-refractivity contribution in [3.8, 4) is 0 Å². The number of likely N-dealkylation sites (N-methyl/N-ethyl adjacent to an activating group) is 1. The predicted molar refractivity (Wildman–Crippen MR) is 116 cm³/mol. The number of rotatable bonds is 5. The van der Waals surface area contributed by atoms with Crippen LogP contribution in [0.25, 0.3) is 0 Å². The van der Waals surface area contributed by atoms with Crippen molar-refractivity contribution in [1.82, 2.24) is 9.80 Å². The molecular weight excluding hydrogens is 411 g/mol. The SMILES string of the molecule is CN1CCN(Cc2cccc(NC(=O)c3coc(CN)c3)c2)CC1.Cl.Cl.Cl. The number of piperazine rings is 1. The van der Waals surface area contributed by atoms with Gasteiger partial charge in [0.25, 0.3) is 5.91 Å². The number of nitrogens with two attached hydrogens (primary N) is 1. The number of halogens is 3. The van der Waals surface area contributed by atoms with Crippen molar-refractivity contribution in [2.75, 3.05) is 38.5 Å². The third kappa shape index (κ3) is 7.33. The number of carbonyl (C=O) groups excluding carboxylic acids is 1. The summed E-state index contributed by atoms with van der Waals surface area (Å²) in [6.45, 7) is 5.53. The van der Waals surface area contributed by atoms with Gasteiger partial charge < -0.3 is 20.4 Å². The van der Waals surface area contributed by atoms with Gasteiger partial charge in [-0.2, -0.15) is 0 Å². The highest BCUT2D eigenvalue weighted by Crippen LogP contribution is 2.16. The van der Waals surface area contributed by atoms with Gasteiger partial charge in [0.2, 0.25) is 0 Å². The summed E-state index contributed by atoms with van der Waals surface area (Å²) < 4.78 is 5.21. The van der Waals surface area contributed by atoms with Gasteiger partial charge in [-0.25, -0.2) is 0 Å². The van der Waals surface area contributed by atoms with Gasteiger partial charge in [-0.3, -0.25) is 9.69 Å². The molecule has 0 aliphatic carbocycles.